The van der Waals surface area contributed by atoms with E-state index >= 15 is 0 Å². The first kappa shape index (κ1) is 21.9. The molecule has 2 aromatic carbocycles. The van der Waals surface area contributed by atoms with Crippen LogP contribution < -0.4 is 25.2 Å². The summed E-state index contributed by atoms with van der Waals surface area (Å²) in [4.78, 5) is 28.7. The van der Waals surface area contributed by atoms with E-state index in [1.165, 1.54) is 0 Å². The molecule has 3 unspecified atom stereocenters. The molecule has 168 valence electrons. The minimum absolute atomic E-state index is 0.0288. The van der Waals surface area contributed by atoms with E-state index in [9.17, 15) is 9.59 Å². The smallest absolute Gasteiger partial charge is 0.247 e. The van der Waals surface area contributed by atoms with Crippen molar-refractivity contribution in [1.82, 2.24) is 10.3 Å². The van der Waals surface area contributed by atoms with Crippen molar-refractivity contribution in [3.05, 3.63) is 61.2 Å². The van der Waals surface area contributed by atoms with Crippen molar-refractivity contribution in [3.63, 3.8) is 0 Å². The van der Waals surface area contributed by atoms with E-state index in [1.807, 2.05) is 30.3 Å². The zero-order chi connectivity index (χ0) is 22.7. The molecule has 0 aliphatic carbocycles. The van der Waals surface area contributed by atoms with Crippen LogP contribution in [0.15, 0.2) is 61.2 Å². The Hall–Kier alpha value is -3.36. The summed E-state index contributed by atoms with van der Waals surface area (Å²) in [5.41, 5.74) is 4.68. The molecular weight excluding hydrogens is 408 g/mol. The van der Waals surface area contributed by atoms with Crippen molar-refractivity contribution < 1.29 is 19.1 Å². The first-order valence-corrected chi connectivity index (χ1v) is 10.6. The highest BCUT2D eigenvalue weighted by Gasteiger charge is 2.50. The number of likely N-dealkylation sites (tertiary alicyclic amines) is 1. The fraction of sp³-hybridized carbons (Fsp3) is 0.333. The first-order chi connectivity index (χ1) is 15.5. The van der Waals surface area contributed by atoms with Crippen LogP contribution in [0.4, 0.5) is 11.4 Å². The van der Waals surface area contributed by atoms with Gasteiger partial charge in [-0.2, -0.15) is 0 Å². The van der Waals surface area contributed by atoms with E-state index in [-0.39, 0.29) is 23.8 Å². The molecule has 0 bridgehead atoms. The number of nitrogens with one attached hydrogen (secondary N) is 2. The molecule has 2 aliphatic rings. The molecule has 2 aromatic rings. The molecule has 2 heterocycles. The van der Waals surface area contributed by atoms with Crippen molar-refractivity contribution in [3.8, 4) is 11.5 Å². The van der Waals surface area contributed by atoms with Crippen molar-refractivity contribution in [2.45, 2.75) is 6.04 Å². The Morgan fingerprint density at radius 1 is 1.16 bits per heavy atom. The van der Waals surface area contributed by atoms with Crippen LogP contribution in [0.5, 0.6) is 11.5 Å². The van der Waals surface area contributed by atoms with Gasteiger partial charge in [-0.25, -0.2) is 10.4 Å². The number of carbonyl (C=O) groups excluding carboxylic acids is 2. The highest BCUT2D eigenvalue weighted by Crippen LogP contribution is 2.34. The summed E-state index contributed by atoms with van der Waals surface area (Å²) in [7, 11) is 3.11. The summed E-state index contributed by atoms with van der Waals surface area (Å²) in [6, 6.07) is 14.4. The van der Waals surface area contributed by atoms with Gasteiger partial charge in [-0.3, -0.25) is 14.5 Å². The lowest BCUT2D eigenvalue weighted by atomic mass is 9.84. The van der Waals surface area contributed by atoms with Crippen LogP contribution in [0.2, 0.25) is 0 Å². The van der Waals surface area contributed by atoms with Crippen molar-refractivity contribution in [2.75, 3.05) is 44.2 Å². The summed E-state index contributed by atoms with van der Waals surface area (Å²) >= 11 is 0. The molecule has 0 aromatic heterocycles. The third-order valence-corrected chi connectivity index (χ3v) is 5.98. The number of methoxy groups -OCH3 is 2. The van der Waals surface area contributed by atoms with Crippen LogP contribution in [-0.2, 0) is 9.59 Å². The van der Waals surface area contributed by atoms with Crippen LogP contribution in [0.1, 0.15) is 0 Å². The molecule has 2 aliphatic heterocycles. The zero-order valence-electron chi connectivity index (χ0n) is 18.3. The van der Waals surface area contributed by atoms with Crippen LogP contribution in [0.3, 0.4) is 0 Å². The standard InChI is InChI=1S/C24H28N4O4/c1-4-12-27-14-18(23(29)25-16-10-11-20(31-2)21(13-16)32-3)22-19(15-27)24(30)28(26-22)17-8-6-5-7-9-17/h4-11,13,18-19,22,26H,1,12,14-15H2,2-3H3,(H,25,29). The SMILES string of the molecule is C=CCN1CC(C(=O)Nc2ccc(OC)c(OC)c2)C2NN(c3ccccc3)C(=O)C2C1. The summed E-state index contributed by atoms with van der Waals surface area (Å²) in [6.07, 6.45) is 1.80. The topological polar surface area (TPSA) is 83.1 Å². The number of fused-ring (bicyclic) bond motifs is 1. The Morgan fingerprint density at radius 3 is 2.59 bits per heavy atom. The number of amides is 2. The minimum Gasteiger partial charge on any atom is -0.493 e. The number of nitrogens with zero attached hydrogens (tertiary/aromatic N) is 2. The number of ether oxygens (including phenoxy) is 2. The molecule has 2 fully saturated rings. The van der Waals surface area contributed by atoms with E-state index in [4.69, 9.17) is 9.47 Å². The van der Waals surface area contributed by atoms with Crippen LogP contribution in [0, 0.1) is 11.8 Å². The molecular formula is C24H28N4O4. The third kappa shape index (κ3) is 4.19. The number of benzene rings is 2. The fourth-order valence-corrected chi connectivity index (χ4v) is 4.43. The van der Waals surface area contributed by atoms with E-state index < -0.39 is 5.92 Å². The first-order valence-electron chi connectivity index (χ1n) is 10.6. The highest BCUT2D eigenvalue weighted by molar-refractivity contribution is 6.00. The second-order valence-corrected chi connectivity index (χ2v) is 7.94. The second kappa shape index (κ2) is 9.42. The van der Waals surface area contributed by atoms with Crippen molar-refractivity contribution >= 4 is 23.2 Å². The molecule has 2 N–H and O–H groups in total. The van der Waals surface area contributed by atoms with Crippen LogP contribution >= 0.6 is 0 Å². The van der Waals surface area contributed by atoms with Gasteiger partial charge in [0.25, 0.3) is 0 Å². The number of carbonyl (C=O) groups is 2. The number of anilines is 2. The Balaban J connectivity index is 1.58. The number of hydrogen-bond acceptors (Lipinski definition) is 6. The second-order valence-electron chi connectivity index (χ2n) is 7.94. The normalized spacial score (nSPS) is 22.9. The lowest BCUT2D eigenvalue weighted by Crippen LogP contribution is -2.56. The van der Waals surface area contributed by atoms with Crippen LogP contribution in [0.25, 0.3) is 0 Å². The third-order valence-electron chi connectivity index (χ3n) is 5.98. The number of para-hydroxylation sites is 1. The van der Waals surface area contributed by atoms with E-state index in [2.05, 4.69) is 22.2 Å². The van der Waals surface area contributed by atoms with Gasteiger partial charge in [-0.15, -0.1) is 6.58 Å². The summed E-state index contributed by atoms with van der Waals surface area (Å²) in [5, 5.41) is 4.56. The van der Waals surface area contributed by atoms with Gasteiger partial charge >= 0.3 is 0 Å². The number of rotatable bonds is 7. The maximum atomic E-state index is 13.4. The van der Waals surface area contributed by atoms with E-state index in [1.54, 1.807) is 43.5 Å². The van der Waals surface area contributed by atoms with Crippen molar-refractivity contribution in [2.24, 2.45) is 11.8 Å². The lowest BCUT2D eigenvalue weighted by Gasteiger charge is -2.37. The lowest BCUT2D eigenvalue weighted by molar-refractivity contribution is -0.125. The zero-order valence-corrected chi connectivity index (χ0v) is 18.3. The molecule has 0 spiro atoms. The van der Waals surface area contributed by atoms with Crippen LogP contribution in [-0.4, -0.2) is 56.6 Å². The average molecular weight is 437 g/mol. The van der Waals surface area contributed by atoms with Crippen molar-refractivity contribution in [1.29, 1.82) is 0 Å². The maximum absolute atomic E-state index is 13.4. The molecule has 3 atom stereocenters. The predicted molar refractivity (Wildman–Crippen MR) is 123 cm³/mol. The van der Waals surface area contributed by atoms with Gasteiger partial charge in [0.05, 0.1) is 37.8 Å². The molecule has 0 saturated carbocycles. The van der Waals surface area contributed by atoms with E-state index in [0.29, 0.717) is 36.8 Å². The molecule has 2 saturated heterocycles. The van der Waals surface area contributed by atoms with E-state index in [0.717, 1.165) is 5.69 Å². The largest absolute Gasteiger partial charge is 0.493 e. The highest BCUT2D eigenvalue weighted by atomic mass is 16.5. The molecule has 0 radical (unpaired) electrons. The quantitative estimate of drug-likeness (QED) is 0.648. The molecule has 32 heavy (non-hydrogen) atoms. The monoisotopic (exact) mass is 436 g/mol. The number of hydrazine groups is 1. The van der Waals surface area contributed by atoms with Gasteiger partial charge in [0.15, 0.2) is 11.5 Å². The van der Waals surface area contributed by atoms with Gasteiger partial charge < -0.3 is 14.8 Å². The Morgan fingerprint density at radius 2 is 1.91 bits per heavy atom. The molecule has 8 heteroatoms. The Labute approximate surface area is 187 Å². The number of hydrogen-bond donors (Lipinski definition) is 2. The predicted octanol–water partition coefficient (Wildman–Crippen LogP) is 2.30. The molecule has 2 amide bonds. The van der Waals surface area contributed by atoms with Gasteiger partial charge in [0.2, 0.25) is 11.8 Å². The van der Waals surface area contributed by atoms with Gasteiger partial charge in [-0.1, -0.05) is 24.3 Å². The molecule has 4 rings (SSSR count). The summed E-state index contributed by atoms with van der Waals surface area (Å²) in [6.45, 7) is 5.53. The minimum atomic E-state index is -0.431. The van der Waals surface area contributed by atoms with Gasteiger partial charge in [0, 0.05) is 31.4 Å². The Kier molecular flexibility index (Phi) is 6.43. The van der Waals surface area contributed by atoms with Gasteiger partial charge in [-0.05, 0) is 24.3 Å². The Bertz CT molecular complexity index is 997. The average Bonchev–Trinajstić information content (AvgIpc) is 3.15. The maximum Gasteiger partial charge on any atom is 0.247 e. The van der Waals surface area contributed by atoms with Gasteiger partial charge in [0.1, 0.15) is 0 Å². The number of piperidine rings is 1. The fourth-order valence-electron chi connectivity index (χ4n) is 4.43. The molecule has 8 nitrogen and oxygen atoms in total. The summed E-state index contributed by atoms with van der Waals surface area (Å²) < 4.78 is 10.6. The summed E-state index contributed by atoms with van der Waals surface area (Å²) in [5.74, 6) is 0.172.